The summed E-state index contributed by atoms with van der Waals surface area (Å²) in [6.07, 6.45) is 7.08. The van der Waals surface area contributed by atoms with Crippen LogP contribution in [0.2, 0.25) is 0 Å². The Hall–Kier alpha value is -2.81. The number of carbonyl (C=O) groups is 1. The largest absolute Gasteiger partial charge is 0.497 e. The van der Waals surface area contributed by atoms with Gasteiger partial charge >= 0.3 is 5.97 Å². The third-order valence-electron chi connectivity index (χ3n) is 4.39. The lowest BCUT2D eigenvalue weighted by Crippen LogP contribution is -2.15. The summed E-state index contributed by atoms with van der Waals surface area (Å²) in [4.78, 5) is 11.6. The molecule has 25 heavy (non-hydrogen) atoms. The van der Waals surface area contributed by atoms with E-state index in [1.807, 2.05) is 48.5 Å². The summed E-state index contributed by atoms with van der Waals surface area (Å²) in [7, 11) is 1.65. The summed E-state index contributed by atoms with van der Waals surface area (Å²) in [5, 5.41) is 0. The molecule has 2 atom stereocenters. The molecule has 0 unspecified atom stereocenters. The molecule has 3 nitrogen and oxygen atoms in total. The van der Waals surface area contributed by atoms with Gasteiger partial charge in [0.1, 0.15) is 11.5 Å². The molecule has 0 aromatic heterocycles. The molecule has 1 aliphatic rings. The Morgan fingerprint density at radius 2 is 1.72 bits per heavy atom. The van der Waals surface area contributed by atoms with Crippen molar-refractivity contribution in [1.82, 2.24) is 0 Å². The third-order valence-corrected chi connectivity index (χ3v) is 4.39. The Labute approximate surface area is 148 Å². The van der Waals surface area contributed by atoms with Crippen LogP contribution in [0.3, 0.4) is 0 Å². The van der Waals surface area contributed by atoms with E-state index >= 15 is 0 Å². The van der Waals surface area contributed by atoms with Gasteiger partial charge in [-0.1, -0.05) is 54.6 Å². The fourth-order valence-electron chi connectivity index (χ4n) is 3.26. The van der Waals surface area contributed by atoms with Crippen LogP contribution in [0.25, 0.3) is 0 Å². The summed E-state index contributed by atoms with van der Waals surface area (Å²) in [5.41, 5.74) is 2.29. The quantitative estimate of drug-likeness (QED) is 0.585. The second-order valence-electron chi connectivity index (χ2n) is 6.05. The zero-order valence-electron chi connectivity index (χ0n) is 14.5. The predicted octanol–water partition coefficient (Wildman–Crippen LogP) is 4.97. The van der Waals surface area contributed by atoms with Crippen molar-refractivity contribution in [1.29, 1.82) is 0 Å². The number of carbonyl (C=O) groups excluding carboxylic acids is 1. The minimum absolute atomic E-state index is 0.0593. The first kappa shape index (κ1) is 17.0. The molecular formula is C22H22O3. The van der Waals surface area contributed by atoms with Crippen LogP contribution < -0.4 is 4.74 Å². The van der Waals surface area contributed by atoms with Gasteiger partial charge in [0.2, 0.25) is 0 Å². The van der Waals surface area contributed by atoms with Crippen LogP contribution in [0.4, 0.5) is 0 Å². The van der Waals surface area contributed by atoms with Gasteiger partial charge in [-0.05, 0) is 35.8 Å². The summed E-state index contributed by atoms with van der Waals surface area (Å²) >= 11 is 0. The molecule has 0 N–H and O–H groups in total. The normalized spacial score (nSPS) is 19.7. The van der Waals surface area contributed by atoms with Crippen molar-refractivity contribution in [2.45, 2.75) is 25.2 Å². The number of benzene rings is 2. The van der Waals surface area contributed by atoms with Gasteiger partial charge in [-0.25, -0.2) is 0 Å². The first-order valence-electron chi connectivity index (χ1n) is 8.43. The highest BCUT2D eigenvalue weighted by molar-refractivity contribution is 5.67. The van der Waals surface area contributed by atoms with Gasteiger partial charge in [0.25, 0.3) is 0 Å². The molecule has 0 amide bonds. The molecule has 1 aliphatic carbocycles. The van der Waals surface area contributed by atoms with Gasteiger partial charge in [-0.15, -0.1) is 0 Å². The van der Waals surface area contributed by atoms with Gasteiger partial charge in [0.15, 0.2) is 0 Å². The maximum Gasteiger partial charge on any atom is 0.307 e. The molecule has 3 rings (SSSR count). The number of hydrogen-bond acceptors (Lipinski definition) is 3. The lowest BCUT2D eigenvalue weighted by atomic mass is 9.80. The number of hydrogen-bond donors (Lipinski definition) is 0. The standard InChI is InChI=1S/C22H22O3/c1-16(23)25-21-11-7-6-10-20(17-8-4-3-5-9-17)22(21)18-12-14-19(24-2)15-13-18/h3-6,8-15,20,22H,7H2,1-2H3/t20-,22+/m1/s1. The summed E-state index contributed by atoms with van der Waals surface area (Å²) in [6, 6.07) is 18.3. The highest BCUT2D eigenvalue weighted by atomic mass is 16.5. The highest BCUT2D eigenvalue weighted by Crippen LogP contribution is 2.42. The second-order valence-corrected chi connectivity index (χ2v) is 6.05. The van der Waals surface area contributed by atoms with Crippen molar-refractivity contribution >= 4 is 5.97 Å². The van der Waals surface area contributed by atoms with Crippen LogP contribution in [0.15, 0.2) is 78.6 Å². The van der Waals surface area contributed by atoms with Crippen LogP contribution in [0.5, 0.6) is 5.75 Å². The SMILES string of the molecule is COc1ccc([C@@H]2C(OC(C)=O)=CCC=C[C@@H]2c2ccccc2)cc1. The van der Waals surface area contributed by atoms with Gasteiger partial charge in [0, 0.05) is 12.8 Å². The van der Waals surface area contributed by atoms with Crippen molar-refractivity contribution in [3.63, 3.8) is 0 Å². The summed E-state index contributed by atoms with van der Waals surface area (Å²) < 4.78 is 10.9. The molecule has 128 valence electrons. The molecule has 0 saturated heterocycles. The van der Waals surface area contributed by atoms with E-state index in [0.29, 0.717) is 5.76 Å². The molecular weight excluding hydrogens is 312 g/mol. The van der Waals surface area contributed by atoms with Crippen LogP contribution in [0.1, 0.15) is 36.3 Å². The highest BCUT2D eigenvalue weighted by Gasteiger charge is 2.29. The number of allylic oxidation sites excluding steroid dienone is 4. The molecule has 0 bridgehead atoms. The molecule has 2 aromatic rings. The van der Waals surface area contributed by atoms with Crippen LogP contribution >= 0.6 is 0 Å². The molecule has 0 heterocycles. The van der Waals surface area contributed by atoms with Gasteiger partial charge < -0.3 is 9.47 Å². The molecule has 3 heteroatoms. The van der Waals surface area contributed by atoms with Crippen LogP contribution in [-0.4, -0.2) is 13.1 Å². The summed E-state index contributed by atoms with van der Waals surface area (Å²) in [6.45, 7) is 1.45. The molecule has 0 radical (unpaired) electrons. The zero-order valence-corrected chi connectivity index (χ0v) is 14.5. The van der Waals surface area contributed by atoms with E-state index in [9.17, 15) is 4.79 Å². The van der Waals surface area contributed by atoms with E-state index in [1.165, 1.54) is 12.5 Å². The first-order chi connectivity index (χ1) is 12.2. The van der Waals surface area contributed by atoms with Crippen molar-refractivity contribution in [3.05, 3.63) is 89.7 Å². The maximum absolute atomic E-state index is 11.6. The van der Waals surface area contributed by atoms with Crippen molar-refractivity contribution in [2.24, 2.45) is 0 Å². The minimum Gasteiger partial charge on any atom is -0.497 e. The Morgan fingerprint density at radius 3 is 2.36 bits per heavy atom. The second kappa shape index (κ2) is 7.84. The Balaban J connectivity index is 2.07. The lowest BCUT2D eigenvalue weighted by molar-refractivity contribution is -0.137. The van der Waals surface area contributed by atoms with Crippen molar-refractivity contribution in [3.8, 4) is 5.75 Å². The van der Waals surface area contributed by atoms with E-state index < -0.39 is 0 Å². The average Bonchev–Trinajstić information content (AvgIpc) is 2.84. The van der Waals surface area contributed by atoms with Gasteiger partial charge in [-0.3, -0.25) is 4.79 Å². The monoisotopic (exact) mass is 334 g/mol. The van der Waals surface area contributed by atoms with E-state index in [4.69, 9.17) is 9.47 Å². The third kappa shape index (κ3) is 4.00. The molecule has 0 fully saturated rings. The number of esters is 1. The molecule has 0 spiro atoms. The van der Waals surface area contributed by atoms with E-state index in [-0.39, 0.29) is 17.8 Å². The van der Waals surface area contributed by atoms with Gasteiger partial charge in [0.05, 0.1) is 13.0 Å². The molecule has 0 aliphatic heterocycles. The fraction of sp³-hybridized carbons (Fsp3) is 0.227. The Bertz CT molecular complexity index is 773. The van der Waals surface area contributed by atoms with Crippen molar-refractivity contribution in [2.75, 3.05) is 7.11 Å². The number of rotatable bonds is 4. The first-order valence-corrected chi connectivity index (χ1v) is 8.43. The average molecular weight is 334 g/mol. The van der Waals surface area contributed by atoms with E-state index in [0.717, 1.165) is 17.7 Å². The maximum atomic E-state index is 11.6. The van der Waals surface area contributed by atoms with Crippen LogP contribution in [-0.2, 0) is 9.53 Å². The van der Waals surface area contributed by atoms with Gasteiger partial charge in [-0.2, -0.15) is 0 Å². The van der Waals surface area contributed by atoms with Crippen LogP contribution in [0, 0.1) is 0 Å². The molecule has 0 saturated carbocycles. The smallest absolute Gasteiger partial charge is 0.307 e. The zero-order chi connectivity index (χ0) is 17.6. The molecule has 2 aromatic carbocycles. The van der Waals surface area contributed by atoms with Crippen molar-refractivity contribution < 1.29 is 14.3 Å². The predicted molar refractivity (Wildman–Crippen MR) is 98.5 cm³/mol. The lowest BCUT2D eigenvalue weighted by Gasteiger charge is -2.27. The number of methoxy groups -OCH3 is 1. The fourth-order valence-corrected chi connectivity index (χ4v) is 3.26. The Kier molecular flexibility index (Phi) is 5.34. The summed E-state index contributed by atoms with van der Waals surface area (Å²) in [5.74, 6) is 1.26. The topological polar surface area (TPSA) is 35.5 Å². The minimum atomic E-state index is -0.293. The van der Waals surface area contributed by atoms with E-state index in [1.54, 1.807) is 7.11 Å². The Morgan fingerprint density at radius 1 is 1.00 bits per heavy atom. The number of ether oxygens (including phenoxy) is 2. The van der Waals surface area contributed by atoms with E-state index in [2.05, 4.69) is 24.3 Å².